The van der Waals surface area contributed by atoms with E-state index in [0.29, 0.717) is 17.0 Å². The van der Waals surface area contributed by atoms with Crippen molar-refractivity contribution in [3.05, 3.63) is 52.4 Å². The molecule has 0 amide bonds. The first-order valence-corrected chi connectivity index (χ1v) is 5.18. The number of aromatic nitrogens is 3. The normalized spacial score (nSPS) is 10.9. The Morgan fingerprint density at radius 1 is 1.24 bits per heavy atom. The van der Waals surface area contributed by atoms with Crippen LogP contribution in [-0.4, -0.2) is 14.7 Å². The molecule has 17 heavy (non-hydrogen) atoms. The second-order valence-electron chi connectivity index (χ2n) is 3.74. The van der Waals surface area contributed by atoms with Crippen LogP contribution in [0.2, 0.25) is 0 Å². The minimum atomic E-state index is -0.262. The van der Waals surface area contributed by atoms with Gasteiger partial charge in [0.2, 0.25) is 5.65 Å². The minimum absolute atomic E-state index is 0.262. The summed E-state index contributed by atoms with van der Waals surface area (Å²) in [7, 11) is 0. The number of rotatable bonds is 1. The first-order chi connectivity index (χ1) is 8.25. The van der Waals surface area contributed by atoms with Crippen molar-refractivity contribution in [2.24, 2.45) is 0 Å². The quantitative estimate of drug-likeness (QED) is 0.634. The summed E-state index contributed by atoms with van der Waals surface area (Å²) in [4.78, 5) is 15.9. The average molecular weight is 227 g/mol. The maximum absolute atomic E-state index is 11.6. The molecular formula is C12H9N3O2. The molecule has 1 aromatic carbocycles. The van der Waals surface area contributed by atoms with Crippen molar-refractivity contribution in [2.45, 2.75) is 6.92 Å². The number of hydrogen-bond acceptors (Lipinski definition) is 4. The first kappa shape index (κ1) is 9.77. The summed E-state index contributed by atoms with van der Waals surface area (Å²) in [5.74, 6) is 0. The molecule has 0 unspecified atom stereocenters. The first-order valence-electron chi connectivity index (χ1n) is 5.18. The van der Waals surface area contributed by atoms with Gasteiger partial charge in [-0.25, -0.2) is 4.98 Å². The highest BCUT2D eigenvalue weighted by atomic mass is 16.6. The van der Waals surface area contributed by atoms with E-state index in [-0.39, 0.29) is 5.56 Å². The van der Waals surface area contributed by atoms with Gasteiger partial charge in [-0.1, -0.05) is 34.9 Å². The van der Waals surface area contributed by atoms with Gasteiger partial charge in [-0.15, -0.1) is 0 Å². The monoisotopic (exact) mass is 227 g/mol. The summed E-state index contributed by atoms with van der Waals surface area (Å²) in [6.45, 7) is 1.77. The van der Waals surface area contributed by atoms with E-state index in [1.165, 1.54) is 6.07 Å². The lowest BCUT2D eigenvalue weighted by atomic mass is 10.2. The number of nitrogens with zero attached hydrogens (tertiary/aromatic N) is 3. The van der Waals surface area contributed by atoms with Gasteiger partial charge in [-0.05, 0) is 12.1 Å². The maximum atomic E-state index is 11.6. The Labute approximate surface area is 96.3 Å². The molecule has 0 aliphatic rings. The Morgan fingerprint density at radius 2 is 2.00 bits per heavy atom. The van der Waals surface area contributed by atoms with Crippen molar-refractivity contribution >= 4 is 5.65 Å². The Hall–Kier alpha value is -2.43. The third-order valence-corrected chi connectivity index (χ3v) is 2.48. The number of hydrogen-bond donors (Lipinski definition) is 0. The predicted molar refractivity (Wildman–Crippen MR) is 61.7 cm³/mol. The molecule has 2 heterocycles. The SMILES string of the molecule is Cc1cc(=O)n2onc(-c3ccccc3)c2n1. The van der Waals surface area contributed by atoms with E-state index in [4.69, 9.17) is 4.63 Å². The Bertz CT molecular complexity index is 728. The van der Waals surface area contributed by atoms with Gasteiger partial charge in [0.15, 0.2) is 5.69 Å². The lowest BCUT2D eigenvalue weighted by Gasteiger charge is -1.95. The van der Waals surface area contributed by atoms with Crippen molar-refractivity contribution in [2.75, 3.05) is 0 Å². The van der Waals surface area contributed by atoms with Crippen LogP contribution in [0.4, 0.5) is 0 Å². The van der Waals surface area contributed by atoms with Gasteiger partial charge >= 0.3 is 0 Å². The molecular weight excluding hydrogens is 218 g/mol. The van der Waals surface area contributed by atoms with E-state index >= 15 is 0 Å². The molecule has 0 saturated carbocycles. The molecule has 0 N–H and O–H groups in total. The predicted octanol–water partition coefficient (Wildman–Crippen LogP) is 1.66. The van der Waals surface area contributed by atoms with E-state index in [1.54, 1.807) is 6.92 Å². The fourth-order valence-corrected chi connectivity index (χ4v) is 1.71. The van der Waals surface area contributed by atoms with Gasteiger partial charge < -0.3 is 0 Å². The summed E-state index contributed by atoms with van der Waals surface area (Å²) >= 11 is 0. The largest absolute Gasteiger partial charge is 0.289 e. The molecule has 0 fully saturated rings. The fourth-order valence-electron chi connectivity index (χ4n) is 1.71. The second kappa shape index (κ2) is 3.55. The smallest absolute Gasteiger partial charge is 0.266 e. The summed E-state index contributed by atoms with van der Waals surface area (Å²) in [5, 5.41) is 3.89. The zero-order valence-electron chi connectivity index (χ0n) is 9.12. The lowest BCUT2D eigenvalue weighted by Crippen LogP contribution is -2.12. The van der Waals surface area contributed by atoms with E-state index in [1.807, 2.05) is 30.3 Å². The van der Waals surface area contributed by atoms with Gasteiger partial charge in [0.25, 0.3) is 5.56 Å². The van der Waals surface area contributed by atoms with Gasteiger partial charge in [0.05, 0.1) is 0 Å². The van der Waals surface area contributed by atoms with Crippen LogP contribution in [0.1, 0.15) is 5.69 Å². The highest BCUT2D eigenvalue weighted by molar-refractivity contribution is 5.72. The molecule has 0 radical (unpaired) electrons. The van der Waals surface area contributed by atoms with E-state index in [2.05, 4.69) is 10.1 Å². The van der Waals surface area contributed by atoms with Gasteiger partial charge in [-0.3, -0.25) is 9.42 Å². The van der Waals surface area contributed by atoms with Crippen molar-refractivity contribution in [3.63, 3.8) is 0 Å². The molecule has 0 bridgehead atoms. The average Bonchev–Trinajstić information content (AvgIpc) is 2.74. The Balaban J connectivity index is 2.36. The number of fused-ring (bicyclic) bond motifs is 1. The summed E-state index contributed by atoms with van der Waals surface area (Å²) < 4.78 is 6.07. The Kier molecular flexibility index (Phi) is 2.04. The van der Waals surface area contributed by atoms with E-state index < -0.39 is 0 Å². The molecule has 5 heteroatoms. The molecule has 0 aliphatic carbocycles. The van der Waals surface area contributed by atoms with Crippen LogP contribution in [0, 0.1) is 6.92 Å². The topological polar surface area (TPSA) is 60.4 Å². The maximum Gasteiger partial charge on any atom is 0.289 e. The van der Waals surface area contributed by atoms with Crippen molar-refractivity contribution in [1.29, 1.82) is 0 Å². The number of aryl methyl sites for hydroxylation is 1. The molecule has 0 aliphatic heterocycles. The van der Waals surface area contributed by atoms with E-state index in [9.17, 15) is 4.79 Å². The molecule has 0 spiro atoms. The van der Waals surface area contributed by atoms with Crippen LogP contribution in [0.3, 0.4) is 0 Å². The highest BCUT2D eigenvalue weighted by Gasteiger charge is 2.12. The van der Waals surface area contributed by atoms with Gasteiger partial charge in [-0.2, -0.15) is 0 Å². The van der Waals surface area contributed by atoms with E-state index in [0.717, 1.165) is 10.1 Å². The zero-order valence-corrected chi connectivity index (χ0v) is 9.12. The fraction of sp³-hybridized carbons (Fsp3) is 0.0833. The van der Waals surface area contributed by atoms with Crippen LogP contribution in [0.15, 0.2) is 45.8 Å². The zero-order chi connectivity index (χ0) is 11.8. The highest BCUT2D eigenvalue weighted by Crippen LogP contribution is 2.20. The van der Waals surface area contributed by atoms with Crippen LogP contribution in [0.25, 0.3) is 16.9 Å². The lowest BCUT2D eigenvalue weighted by molar-refractivity contribution is 0.265. The summed E-state index contributed by atoms with van der Waals surface area (Å²) in [5.41, 5.74) is 2.28. The number of benzene rings is 1. The van der Waals surface area contributed by atoms with Crippen molar-refractivity contribution < 1.29 is 4.63 Å². The minimum Gasteiger partial charge on any atom is -0.266 e. The molecule has 3 aromatic rings. The van der Waals surface area contributed by atoms with Gasteiger partial charge in [0, 0.05) is 17.3 Å². The third kappa shape index (κ3) is 1.52. The Morgan fingerprint density at radius 3 is 2.76 bits per heavy atom. The van der Waals surface area contributed by atoms with Crippen molar-refractivity contribution in [3.8, 4) is 11.3 Å². The van der Waals surface area contributed by atoms with Crippen LogP contribution >= 0.6 is 0 Å². The van der Waals surface area contributed by atoms with Crippen LogP contribution in [0.5, 0.6) is 0 Å². The molecule has 84 valence electrons. The summed E-state index contributed by atoms with van der Waals surface area (Å²) in [6.07, 6.45) is 0. The van der Waals surface area contributed by atoms with Gasteiger partial charge in [0.1, 0.15) is 0 Å². The molecule has 0 atom stereocenters. The second-order valence-corrected chi connectivity index (χ2v) is 3.74. The van der Waals surface area contributed by atoms with Crippen LogP contribution in [-0.2, 0) is 0 Å². The van der Waals surface area contributed by atoms with Crippen LogP contribution < -0.4 is 5.56 Å². The molecule has 3 rings (SSSR count). The molecule has 5 nitrogen and oxygen atoms in total. The molecule has 2 aromatic heterocycles. The third-order valence-electron chi connectivity index (χ3n) is 2.48. The van der Waals surface area contributed by atoms with Crippen molar-refractivity contribution in [1.82, 2.24) is 14.7 Å². The summed E-state index contributed by atoms with van der Waals surface area (Å²) in [6, 6.07) is 10.9. The standard InChI is InChI=1S/C12H9N3O2/c1-8-7-10(16)15-12(13-8)11(14-17-15)9-5-3-2-4-6-9/h2-7H,1H3. The molecule has 0 saturated heterocycles.